The normalized spacial score (nSPS) is 10.8. The molecule has 0 N–H and O–H groups in total. The van der Waals surface area contributed by atoms with Gasteiger partial charge in [0.1, 0.15) is 11.5 Å². The zero-order valence-corrected chi connectivity index (χ0v) is 18.3. The van der Waals surface area contributed by atoms with Crippen molar-refractivity contribution in [1.29, 1.82) is 0 Å². The fraction of sp³-hybridized carbons (Fsp3) is 0.208. The Morgan fingerprint density at radius 1 is 1.00 bits per heavy atom. The number of ether oxygens (including phenoxy) is 2. The maximum atomic E-state index is 13.5. The molecule has 1 amide bonds. The SMILES string of the molecule is CCOc1ccc(C(=O)N(Cc2cccnc2)c2nc3ccc(OCC)cc3s2)cc1. The number of nitrogens with zero attached hydrogens (tertiary/aromatic N) is 3. The molecule has 2 aromatic carbocycles. The van der Waals surface area contributed by atoms with Gasteiger partial charge in [0.05, 0.1) is 30.0 Å². The molecule has 2 aromatic heterocycles. The predicted octanol–water partition coefficient (Wildman–Crippen LogP) is 5.34. The fourth-order valence-electron chi connectivity index (χ4n) is 3.18. The first-order chi connectivity index (χ1) is 15.2. The number of aromatic nitrogens is 2. The summed E-state index contributed by atoms with van der Waals surface area (Å²) >= 11 is 1.47. The van der Waals surface area contributed by atoms with Crippen LogP contribution in [0.25, 0.3) is 10.2 Å². The summed E-state index contributed by atoms with van der Waals surface area (Å²) in [6, 6.07) is 16.8. The first-order valence-electron chi connectivity index (χ1n) is 10.1. The van der Waals surface area contributed by atoms with E-state index in [9.17, 15) is 4.79 Å². The van der Waals surface area contributed by atoms with Crippen LogP contribution in [0.5, 0.6) is 11.5 Å². The maximum Gasteiger partial charge on any atom is 0.260 e. The lowest BCUT2D eigenvalue weighted by Crippen LogP contribution is -2.30. The van der Waals surface area contributed by atoms with Crippen LogP contribution in [0.15, 0.2) is 67.0 Å². The van der Waals surface area contributed by atoms with Gasteiger partial charge in [0, 0.05) is 18.0 Å². The highest BCUT2D eigenvalue weighted by Crippen LogP contribution is 2.33. The molecule has 2 heterocycles. The molecule has 0 unspecified atom stereocenters. The van der Waals surface area contributed by atoms with Gasteiger partial charge in [-0.1, -0.05) is 17.4 Å². The van der Waals surface area contributed by atoms with Gasteiger partial charge in [0.25, 0.3) is 5.91 Å². The Morgan fingerprint density at radius 2 is 1.74 bits per heavy atom. The molecule has 0 bridgehead atoms. The van der Waals surface area contributed by atoms with Crippen molar-refractivity contribution in [2.24, 2.45) is 0 Å². The first-order valence-corrected chi connectivity index (χ1v) is 11.0. The number of anilines is 1. The second-order valence-corrected chi connectivity index (χ2v) is 7.78. The molecule has 0 spiro atoms. The van der Waals surface area contributed by atoms with Crippen LogP contribution in [0.1, 0.15) is 29.8 Å². The number of carbonyl (C=O) groups is 1. The Hall–Kier alpha value is -3.45. The Labute approximate surface area is 185 Å². The average Bonchev–Trinajstić information content (AvgIpc) is 3.22. The summed E-state index contributed by atoms with van der Waals surface area (Å²) in [5.41, 5.74) is 2.33. The summed E-state index contributed by atoms with van der Waals surface area (Å²) in [4.78, 5) is 24.1. The van der Waals surface area contributed by atoms with Crippen molar-refractivity contribution < 1.29 is 14.3 Å². The lowest BCUT2D eigenvalue weighted by atomic mass is 10.2. The highest BCUT2D eigenvalue weighted by Gasteiger charge is 2.22. The molecule has 4 rings (SSSR count). The van der Waals surface area contributed by atoms with Crippen LogP contribution >= 0.6 is 11.3 Å². The van der Waals surface area contributed by atoms with Gasteiger partial charge >= 0.3 is 0 Å². The zero-order chi connectivity index (χ0) is 21.6. The van der Waals surface area contributed by atoms with Gasteiger partial charge in [-0.15, -0.1) is 0 Å². The van der Waals surface area contributed by atoms with Crippen molar-refractivity contribution in [2.75, 3.05) is 18.1 Å². The number of benzene rings is 2. The Bertz CT molecular complexity index is 1160. The van der Waals surface area contributed by atoms with Crippen molar-refractivity contribution in [2.45, 2.75) is 20.4 Å². The molecule has 0 atom stereocenters. The van der Waals surface area contributed by atoms with Gasteiger partial charge in [-0.3, -0.25) is 14.7 Å². The third kappa shape index (κ3) is 4.83. The molecule has 0 aliphatic carbocycles. The van der Waals surface area contributed by atoms with Crippen LogP contribution in [-0.2, 0) is 6.54 Å². The third-order valence-corrected chi connectivity index (χ3v) is 5.65. The van der Waals surface area contributed by atoms with Crippen molar-refractivity contribution in [1.82, 2.24) is 9.97 Å². The molecule has 7 heteroatoms. The Morgan fingerprint density at radius 3 is 2.45 bits per heavy atom. The summed E-state index contributed by atoms with van der Waals surface area (Å²) in [6.45, 7) is 5.43. The minimum Gasteiger partial charge on any atom is -0.494 e. The molecule has 0 saturated carbocycles. The van der Waals surface area contributed by atoms with E-state index in [1.54, 1.807) is 29.4 Å². The lowest BCUT2D eigenvalue weighted by molar-refractivity contribution is 0.0985. The monoisotopic (exact) mass is 433 g/mol. The third-order valence-electron chi connectivity index (χ3n) is 4.61. The average molecular weight is 434 g/mol. The highest BCUT2D eigenvalue weighted by atomic mass is 32.1. The molecule has 0 aliphatic heterocycles. The van der Waals surface area contributed by atoms with E-state index in [-0.39, 0.29) is 5.91 Å². The van der Waals surface area contributed by atoms with Crippen LogP contribution in [0.3, 0.4) is 0 Å². The summed E-state index contributed by atoms with van der Waals surface area (Å²) in [5.74, 6) is 1.40. The Balaban J connectivity index is 1.70. The molecule has 4 aromatic rings. The maximum absolute atomic E-state index is 13.5. The number of hydrogen-bond donors (Lipinski definition) is 0. The molecule has 0 aliphatic rings. The molecule has 0 radical (unpaired) electrons. The van der Waals surface area contributed by atoms with Crippen LogP contribution in [-0.4, -0.2) is 29.1 Å². The van der Waals surface area contributed by atoms with Crippen LogP contribution in [0.4, 0.5) is 5.13 Å². The van der Waals surface area contributed by atoms with E-state index in [2.05, 4.69) is 4.98 Å². The van der Waals surface area contributed by atoms with Gasteiger partial charge < -0.3 is 9.47 Å². The molecule has 158 valence electrons. The Kier molecular flexibility index (Phi) is 6.43. The van der Waals surface area contributed by atoms with Gasteiger partial charge in [0.2, 0.25) is 0 Å². The van der Waals surface area contributed by atoms with Gasteiger partial charge in [-0.25, -0.2) is 4.98 Å². The molecule has 31 heavy (non-hydrogen) atoms. The van der Waals surface area contributed by atoms with Crippen molar-refractivity contribution in [3.63, 3.8) is 0 Å². The van der Waals surface area contributed by atoms with Crippen LogP contribution in [0, 0.1) is 0 Å². The summed E-state index contributed by atoms with van der Waals surface area (Å²) in [5, 5.41) is 0.631. The second kappa shape index (κ2) is 9.57. The summed E-state index contributed by atoms with van der Waals surface area (Å²) in [7, 11) is 0. The number of fused-ring (bicyclic) bond motifs is 1. The molecular weight excluding hydrogens is 410 g/mol. The van der Waals surface area contributed by atoms with Crippen molar-refractivity contribution in [3.8, 4) is 11.5 Å². The first kappa shape index (κ1) is 20.8. The van der Waals surface area contributed by atoms with E-state index >= 15 is 0 Å². The topological polar surface area (TPSA) is 64.5 Å². The second-order valence-electron chi connectivity index (χ2n) is 6.77. The van der Waals surface area contributed by atoms with E-state index in [0.717, 1.165) is 27.3 Å². The van der Waals surface area contributed by atoms with E-state index < -0.39 is 0 Å². The van der Waals surface area contributed by atoms with E-state index in [1.807, 2.05) is 56.3 Å². The van der Waals surface area contributed by atoms with Gasteiger partial charge in [-0.2, -0.15) is 0 Å². The van der Waals surface area contributed by atoms with E-state index in [0.29, 0.717) is 30.5 Å². The summed E-state index contributed by atoms with van der Waals surface area (Å²) in [6.07, 6.45) is 3.48. The van der Waals surface area contributed by atoms with Crippen molar-refractivity contribution >= 4 is 32.6 Å². The standard InChI is InChI=1S/C24H23N3O3S/c1-3-29-19-9-7-18(8-10-19)23(28)27(16-17-6-5-13-25-15-17)24-26-21-12-11-20(30-4-2)14-22(21)31-24/h5-15H,3-4,16H2,1-2H3. The minimum atomic E-state index is -0.129. The molecule has 6 nitrogen and oxygen atoms in total. The largest absolute Gasteiger partial charge is 0.494 e. The smallest absolute Gasteiger partial charge is 0.260 e. The van der Waals surface area contributed by atoms with Gasteiger partial charge in [-0.05, 0) is 67.9 Å². The number of hydrogen-bond acceptors (Lipinski definition) is 6. The number of thiazole rings is 1. The molecule has 0 saturated heterocycles. The number of rotatable bonds is 8. The zero-order valence-electron chi connectivity index (χ0n) is 17.4. The fourth-order valence-corrected chi connectivity index (χ4v) is 4.17. The van der Waals surface area contributed by atoms with Crippen molar-refractivity contribution in [3.05, 3.63) is 78.1 Å². The van der Waals surface area contributed by atoms with E-state index in [1.165, 1.54) is 11.3 Å². The predicted molar refractivity (Wildman–Crippen MR) is 123 cm³/mol. The van der Waals surface area contributed by atoms with E-state index in [4.69, 9.17) is 14.5 Å². The lowest BCUT2D eigenvalue weighted by Gasteiger charge is -2.20. The van der Waals surface area contributed by atoms with Gasteiger partial charge in [0.15, 0.2) is 5.13 Å². The quantitative estimate of drug-likeness (QED) is 0.375. The summed E-state index contributed by atoms with van der Waals surface area (Å²) < 4.78 is 12.1. The molecular formula is C24H23N3O3S. The highest BCUT2D eigenvalue weighted by molar-refractivity contribution is 7.22. The number of carbonyl (C=O) groups excluding carboxylic acids is 1. The minimum absolute atomic E-state index is 0.129. The number of pyridine rings is 1. The van der Waals surface area contributed by atoms with Crippen LogP contribution in [0.2, 0.25) is 0 Å². The van der Waals surface area contributed by atoms with Crippen LogP contribution < -0.4 is 14.4 Å². The number of amides is 1. The molecule has 0 fully saturated rings.